The molecule has 3 heterocycles. The number of nitrogens with zero attached hydrogens (tertiary/aromatic N) is 5. The van der Waals surface area contributed by atoms with Crippen LogP contribution in [0.2, 0.25) is 0 Å². The van der Waals surface area contributed by atoms with Crippen molar-refractivity contribution in [3.63, 3.8) is 0 Å². The molecule has 0 N–H and O–H groups in total. The zero-order valence-electron chi connectivity index (χ0n) is 14.6. The number of pyridine rings is 1. The van der Waals surface area contributed by atoms with E-state index in [4.69, 9.17) is 4.42 Å². The highest BCUT2D eigenvalue weighted by Gasteiger charge is 2.23. The number of thiazole rings is 1. The summed E-state index contributed by atoms with van der Waals surface area (Å²) < 4.78 is 68.9. The minimum absolute atomic E-state index is 0.0408. The van der Waals surface area contributed by atoms with E-state index >= 15 is 0 Å². The third kappa shape index (κ3) is 4.47. The number of halogens is 3. The maximum absolute atomic E-state index is 13.5. The van der Waals surface area contributed by atoms with Gasteiger partial charge in [0, 0.05) is 0 Å². The first kappa shape index (κ1) is 20.2. The van der Waals surface area contributed by atoms with Gasteiger partial charge in [0.25, 0.3) is 11.8 Å². The lowest BCUT2D eigenvalue weighted by Crippen LogP contribution is -2.30. The minimum Gasteiger partial charge on any atom is -0.414 e. The number of hydrogen-bond donors (Lipinski definition) is 0. The number of hydrogen-bond acceptors (Lipinski definition) is 8. The van der Waals surface area contributed by atoms with Crippen LogP contribution in [0.4, 0.5) is 19.0 Å². The predicted octanol–water partition coefficient (Wildman–Crippen LogP) is 3.52. The smallest absolute Gasteiger partial charge is 0.314 e. The van der Waals surface area contributed by atoms with Crippen molar-refractivity contribution in [2.45, 2.75) is 26.1 Å². The van der Waals surface area contributed by atoms with E-state index in [1.807, 2.05) is 0 Å². The highest BCUT2D eigenvalue weighted by Crippen LogP contribution is 2.29. The molecule has 0 bridgehead atoms. The molecule has 3 aromatic heterocycles. The highest BCUT2D eigenvalue weighted by atomic mass is 32.2. The largest absolute Gasteiger partial charge is 0.414 e. The zero-order chi connectivity index (χ0) is 20.5. The van der Waals surface area contributed by atoms with Crippen molar-refractivity contribution in [3.05, 3.63) is 41.0 Å². The van der Waals surface area contributed by atoms with Crippen LogP contribution in [-0.2, 0) is 16.6 Å². The second kappa shape index (κ2) is 7.83. The van der Waals surface area contributed by atoms with Crippen molar-refractivity contribution in [2.24, 2.45) is 0 Å². The van der Waals surface area contributed by atoms with E-state index in [0.29, 0.717) is 9.88 Å². The summed E-state index contributed by atoms with van der Waals surface area (Å²) in [5.74, 6) is -0.917. The Kier molecular flexibility index (Phi) is 5.65. The zero-order valence-corrected chi connectivity index (χ0v) is 16.2. The average Bonchev–Trinajstić information content (AvgIpc) is 3.28. The Balaban J connectivity index is 1.88. The Bertz CT molecular complexity index is 1070. The van der Waals surface area contributed by atoms with Gasteiger partial charge >= 0.3 is 6.43 Å². The molecule has 13 heteroatoms. The van der Waals surface area contributed by atoms with Crippen molar-refractivity contribution >= 4 is 27.2 Å². The SMILES string of the molecule is CC(F)c1cccc(N(Cc2ncc(-c3nnc(C(F)F)o3)s2)S(C)(=O)=O)n1. The normalized spacial score (nSPS) is 13.1. The molecule has 0 fully saturated rings. The molecule has 150 valence electrons. The van der Waals surface area contributed by atoms with Crippen LogP contribution in [0.5, 0.6) is 0 Å². The average molecular weight is 433 g/mol. The third-order valence-corrected chi connectivity index (χ3v) is 5.58. The topological polar surface area (TPSA) is 102 Å². The Morgan fingerprint density at radius 2 is 2.00 bits per heavy atom. The van der Waals surface area contributed by atoms with E-state index in [1.165, 1.54) is 31.3 Å². The lowest BCUT2D eigenvalue weighted by atomic mass is 10.2. The first-order valence-corrected chi connectivity index (χ1v) is 10.5. The molecule has 3 rings (SSSR count). The number of anilines is 1. The molecular weight excluding hydrogens is 419 g/mol. The van der Waals surface area contributed by atoms with Crippen LogP contribution in [0.15, 0.2) is 28.8 Å². The van der Waals surface area contributed by atoms with E-state index in [1.54, 1.807) is 0 Å². The van der Waals surface area contributed by atoms with Gasteiger partial charge in [0.2, 0.25) is 10.0 Å². The molecule has 1 atom stereocenters. The highest BCUT2D eigenvalue weighted by molar-refractivity contribution is 7.92. The quantitative estimate of drug-likeness (QED) is 0.562. The van der Waals surface area contributed by atoms with E-state index < -0.39 is 28.5 Å². The van der Waals surface area contributed by atoms with E-state index in [0.717, 1.165) is 21.9 Å². The summed E-state index contributed by atoms with van der Waals surface area (Å²) in [5.41, 5.74) is 0.0939. The summed E-state index contributed by atoms with van der Waals surface area (Å²) in [4.78, 5) is 8.43. The predicted molar refractivity (Wildman–Crippen MR) is 95.1 cm³/mol. The van der Waals surface area contributed by atoms with E-state index in [-0.39, 0.29) is 23.9 Å². The molecule has 0 amide bonds. The van der Waals surface area contributed by atoms with Gasteiger partial charge in [-0.2, -0.15) is 8.78 Å². The Labute approximate surface area is 162 Å². The van der Waals surface area contributed by atoms with Gasteiger partial charge in [0.1, 0.15) is 21.9 Å². The van der Waals surface area contributed by atoms with Crippen molar-refractivity contribution in [1.29, 1.82) is 0 Å². The molecule has 0 aliphatic heterocycles. The molecule has 3 aromatic rings. The second-order valence-electron chi connectivity index (χ2n) is 5.67. The number of alkyl halides is 3. The summed E-state index contributed by atoms with van der Waals surface area (Å²) in [7, 11) is -3.76. The molecule has 0 aliphatic rings. The van der Waals surface area contributed by atoms with Crippen LogP contribution < -0.4 is 4.31 Å². The number of aromatic nitrogens is 4. The summed E-state index contributed by atoms with van der Waals surface area (Å²) in [6.07, 6.45) is -1.96. The summed E-state index contributed by atoms with van der Waals surface area (Å²) in [6.45, 7) is 1.11. The molecular formula is C15H14F3N5O3S2. The fourth-order valence-electron chi connectivity index (χ4n) is 2.20. The van der Waals surface area contributed by atoms with Gasteiger partial charge in [0.15, 0.2) is 0 Å². The Hall–Kier alpha value is -2.54. The van der Waals surface area contributed by atoms with Crippen LogP contribution in [0, 0.1) is 0 Å². The third-order valence-electron chi connectivity index (χ3n) is 3.49. The van der Waals surface area contributed by atoms with Gasteiger partial charge in [-0.1, -0.05) is 6.07 Å². The van der Waals surface area contributed by atoms with Crippen LogP contribution in [0.25, 0.3) is 10.8 Å². The molecule has 0 aliphatic carbocycles. The molecule has 0 saturated carbocycles. The standard InChI is InChI=1S/C15H14F3N5O3S2/c1-8(16)9-4-3-5-11(20-9)23(28(2,24)25)7-12-19-6-10(27-12)14-21-22-15(26-14)13(17)18/h3-6,8,13H,7H2,1-2H3. The van der Waals surface area contributed by atoms with Crippen molar-refractivity contribution < 1.29 is 26.0 Å². The number of rotatable bonds is 7. The van der Waals surface area contributed by atoms with Gasteiger partial charge in [0.05, 0.1) is 24.7 Å². The van der Waals surface area contributed by atoms with Gasteiger partial charge in [-0.05, 0) is 19.1 Å². The van der Waals surface area contributed by atoms with Gasteiger partial charge in [-0.25, -0.2) is 27.1 Å². The monoisotopic (exact) mass is 433 g/mol. The van der Waals surface area contributed by atoms with Gasteiger partial charge in [-0.3, -0.25) is 0 Å². The van der Waals surface area contributed by atoms with Gasteiger partial charge < -0.3 is 4.42 Å². The minimum atomic E-state index is -3.76. The molecule has 8 nitrogen and oxygen atoms in total. The van der Waals surface area contributed by atoms with Crippen LogP contribution in [0.3, 0.4) is 0 Å². The lowest BCUT2D eigenvalue weighted by Gasteiger charge is -2.20. The fraction of sp³-hybridized carbons (Fsp3) is 0.333. The van der Waals surface area contributed by atoms with Crippen molar-refractivity contribution in [3.8, 4) is 10.8 Å². The van der Waals surface area contributed by atoms with Gasteiger partial charge in [-0.15, -0.1) is 21.5 Å². The molecule has 0 spiro atoms. The maximum Gasteiger partial charge on any atom is 0.314 e. The van der Waals surface area contributed by atoms with Crippen molar-refractivity contribution in [1.82, 2.24) is 20.2 Å². The molecule has 0 saturated heterocycles. The molecule has 1 unspecified atom stereocenters. The first-order chi connectivity index (χ1) is 13.1. The molecule has 28 heavy (non-hydrogen) atoms. The summed E-state index contributed by atoms with van der Waals surface area (Å²) in [6, 6.07) is 4.39. The van der Waals surface area contributed by atoms with E-state index in [2.05, 4.69) is 20.2 Å². The lowest BCUT2D eigenvalue weighted by molar-refractivity contribution is 0.116. The second-order valence-corrected chi connectivity index (χ2v) is 8.69. The Morgan fingerprint density at radius 1 is 1.25 bits per heavy atom. The Morgan fingerprint density at radius 3 is 2.61 bits per heavy atom. The van der Waals surface area contributed by atoms with E-state index in [9.17, 15) is 21.6 Å². The first-order valence-electron chi connectivity index (χ1n) is 7.80. The van der Waals surface area contributed by atoms with Crippen LogP contribution in [-0.4, -0.2) is 34.8 Å². The summed E-state index contributed by atoms with van der Waals surface area (Å²) in [5, 5.41) is 7.09. The fourth-order valence-corrected chi connectivity index (χ4v) is 3.90. The summed E-state index contributed by atoms with van der Waals surface area (Å²) >= 11 is 1.00. The van der Waals surface area contributed by atoms with Crippen LogP contribution in [0.1, 0.15) is 36.1 Å². The number of sulfonamides is 1. The van der Waals surface area contributed by atoms with Crippen LogP contribution >= 0.6 is 11.3 Å². The molecule has 0 radical (unpaired) electrons. The van der Waals surface area contributed by atoms with Crippen molar-refractivity contribution in [2.75, 3.05) is 10.6 Å². The molecule has 0 aromatic carbocycles. The maximum atomic E-state index is 13.5.